The fourth-order valence-electron chi connectivity index (χ4n) is 2.39. The number of anilines is 2. The van der Waals surface area contributed by atoms with Crippen molar-refractivity contribution in [2.75, 3.05) is 11.9 Å². The van der Waals surface area contributed by atoms with E-state index in [1.165, 1.54) is 0 Å². The molecule has 0 fully saturated rings. The molecule has 1 amide bonds. The van der Waals surface area contributed by atoms with E-state index in [0.29, 0.717) is 17.9 Å². The zero-order chi connectivity index (χ0) is 17.5. The van der Waals surface area contributed by atoms with Gasteiger partial charge in [0.15, 0.2) is 5.82 Å². The molecule has 0 atom stereocenters. The number of aromatic nitrogens is 2. The van der Waals surface area contributed by atoms with Crippen LogP contribution < -0.4 is 10.6 Å². The predicted molar refractivity (Wildman–Crippen MR) is 99.8 cm³/mol. The molecule has 0 aliphatic carbocycles. The van der Waals surface area contributed by atoms with E-state index in [9.17, 15) is 4.79 Å². The van der Waals surface area contributed by atoms with E-state index in [2.05, 4.69) is 20.8 Å². The highest BCUT2D eigenvalue weighted by molar-refractivity contribution is 5.95. The van der Waals surface area contributed by atoms with Crippen molar-refractivity contribution in [3.63, 3.8) is 0 Å². The minimum Gasteiger partial charge on any atom is -0.352 e. The van der Waals surface area contributed by atoms with Gasteiger partial charge < -0.3 is 10.6 Å². The Morgan fingerprint density at radius 3 is 2.52 bits per heavy atom. The summed E-state index contributed by atoms with van der Waals surface area (Å²) < 4.78 is 0. The van der Waals surface area contributed by atoms with E-state index >= 15 is 0 Å². The quantitative estimate of drug-likeness (QED) is 0.715. The summed E-state index contributed by atoms with van der Waals surface area (Å²) in [5.41, 5.74) is 3.26. The maximum absolute atomic E-state index is 12.0. The predicted octanol–water partition coefficient (Wildman–Crippen LogP) is 4.03. The monoisotopic (exact) mass is 332 g/mol. The van der Waals surface area contributed by atoms with Gasteiger partial charge in [-0.3, -0.25) is 4.79 Å². The van der Waals surface area contributed by atoms with E-state index < -0.39 is 0 Å². The molecule has 0 saturated heterocycles. The number of hydrogen-bond donors (Lipinski definition) is 2. The highest BCUT2D eigenvalue weighted by atomic mass is 16.1. The van der Waals surface area contributed by atoms with Gasteiger partial charge in [-0.1, -0.05) is 43.3 Å². The van der Waals surface area contributed by atoms with Crippen LogP contribution in [0.5, 0.6) is 0 Å². The lowest BCUT2D eigenvalue weighted by atomic mass is 10.1. The zero-order valence-electron chi connectivity index (χ0n) is 14.1. The topological polar surface area (TPSA) is 66.9 Å². The van der Waals surface area contributed by atoms with Crippen molar-refractivity contribution in [3.8, 4) is 11.3 Å². The number of nitrogens with zero attached hydrogens (tertiary/aromatic N) is 2. The van der Waals surface area contributed by atoms with Gasteiger partial charge in [-0.2, -0.15) is 0 Å². The van der Waals surface area contributed by atoms with Crippen LogP contribution in [0.25, 0.3) is 11.3 Å². The highest BCUT2D eigenvalue weighted by Gasteiger charge is 2.06. The van der Waals surface area contributed by atoms with E-state index in [0.717, 1.165) is 23.4 Å². The summed E-state index contributed by atoms with van der Waals surface area (Å²) in [5.74, 6) is 0.557. The molecule has 0 aliphatic rings. The number of nitrogens with one attached hydrogen (secondary N) is 2. The van der Waals surface area contributed by atoms with Crippen molar-refractivity contribution in [3.05, 3.63) is 72.3 Å². The van der Waals surface area contributed by atoms with Gasteiger partial charge in [0.05, 0.1) is 5.69 Å². The Bertz CT molecular complexity index is 832. The van der Waals surface area contributed by atoms with Crippen LogP contribution in [0.2, 0.25) is 0 Å². The highest BCUT2D eigenvalue weighted by Crippen LogP contribution is 2.19. The van der Waals surface area contributed by atoms with Crippen LogP contribution in [0, 0.1) is 0 Å². The minimum absolute atomic E-state index is 0.0731. The van der Waals surface area contributed by atoms with Crippen molar-refractivity contribution in [1.82, 2.24) is 15.5 Å². The van der Waals surface area contributed by atoms with E-state index in [1.54, 1.807) is 12.1 Å². The lowest BCUT2D eigenvalue weighted by Crippen LogP contribution is -2.23. The number of benzene rings is 2. The van der Waals surface area contributed by atoms with Crippen LogP contribution in [-0.4, -0.2) is 22.6 Å². The molecule has 126 valence electrons. The Hall–Kier alpha value is -3.21. The molecule has 5 nitrogen and oxygen atoms in total. The van der Waals surface area contributed by atoms with Gasteiger partial charge in [0.25, 0.3) is 5.91 Å². The molecular formula is C20H20N4O. The Morgan fingerprint density at radius 1 is 0.960 bits per heavy atom. The largest absolute Gasteiger partial charge is 0.352 e. The third kappa shape index (κ3) is 4.41. The Labute approximate surface area is 147 Å². The van der Waals surface area contributed by atoms with Crippen LogP contribution in [0.1, 0.15) is 23.7 Å². The first-order chi connectivity index (χ1) is 12.3. The lowest BCUT2D eigenvalue weighted by Gasteiger charge is -2.08. The maximum Gasteiger partial charge on any atom is 0.251 e. The number of rotatable bonds is 6. The van der Waals surface area contributed by atoms with Crippen LogP contribution in [-0.2, 0) is 0 Å². The summed E-state index contributed by atoms with van der Waals surface area (Å²) in [5, 5.41) is 14.5. The molecule has 1 heterocycles. The number of carbonyl (C=O) groups is 1. The summed E-state index contributed by atoms with van der Waals surface area (Å²) in [7, 11) is 0. The number of amides is 1. The van der Waals surface area contributed by atoms with Gasteiger partial charge in [-0.15, -0.1) is 10.2 Å². The SMILES string of the molecule is CCCNC(=O)c1cccc(Nc2ccc(-c3ccccc3)nn2)c1. The van der Waals surface area contributed by atoms with Crippen molar-refractivity contribution in [1.29, 1.82) is 0 Å². The Balaban J connectivity index is 1.71. The fraction of sp³-hybridized carbons (Fsp3) is 0.150. The molecule has 0 radical (unpaired) electrons. The van der Waals surface area contributed by atoms with Gasteiger partial charge in [-0.25, -0.2) is 0 Å². The first kappa shape index (κ1) is 16.6. The molecule has 0 bridgehead atoms. The Kier molecular flexibility index (Phi) is 5.36. The maximum atomic E-state index is 12.0. The first-order valence-electron chi connectivity index (χ1n) is 8.30. The van der Waals surface area contributed by atoms with Gasteiger partial charge in [0, 0.05) is 23.4 Å². The normalized spacial score (nSPS) is 10.3. The molecule has 0 aliphatic heterocycles. The number of hydrogen-bond acceptors (Lipinski definition) is 4. The molecule has 2 N–H and O–H groups in total. The second-order valence-corrected chi connectivity index (χ2v) is 5.63. The molecular weight excluding hydrogens is 312 g/mol. The third-order valence-electron chi connectivity index (χ3n) is 3.67. The van der Waals surface area contributed by atoms with Crippen molar-refractivity contribution >= 4 is 17.4 Å². The van der Waals surface area contributed by atoms with Crippen LogP contribution in [0.15, 0.2) is 66.7 Å². The van der Waals surface area contributed by atoms with Crippen LogP contribution in [0.3, 0.4) is 0 Å². The average Bonchev–Trinajstić information content (AvgIpc) is 2.67. The molecule has 0 unspecified atom stereocenters. The van der Waals surface area contributed by atoms with Crippen molar-refractivity contribution in [2.24, 2.45) is 0 Å². The van der Waals surface area contributed by atoms with Crippen molar-refractivity contribution < 1.29 is 4.79 Å². The summed E-state index contributed by atoms with van der Waals surface area (Å²) >= 11 is 0. The molecule has 2 aromatic carbocycles. The van der Waals surface area contributed by atoms with Crippen LogP contribution in [0.4, 0.5) is 11.5 Å². The standard InChI is InChI=1S/C20H20N4O/c1-2-13-21-20(25)16-9-6-10-17(14-16)22-19-12-11-18(23-24-19)15-7-4-3-5-8-15/h3-12,14H,2,13H2,1H3,(H,21,25)(H,22,24). The van der Waals surface area contributed by atoms with Crippen LogP contribution >= 0.6 is 0 Å². The van der Waals surface area contributed by atoms with Gasteiger partial charge in [0.2, 0.25) is 0 Å². The second-order valence-electron chi connectivity index (χ2n) is 5.63. The number of carbonyl (C=O) groups excluding carboxylic acids is 1. The molecule has 0 spiro atoms. The second kappa shape index (κ2) is 8.06. The first-order valence-corrected chi connectivity index (χ1v) is 8.30. The van der Waals surface area contributed by atoms with E-state index in [-0.39, 0.29) is 5.91 Å². The molecule has 3 aromatic rings. The van der Waals surface area contributed by atoms with Gasteiger partial charge >= 0.3 is 0 Å². The molecule has 0 saturated carbocycles. The summed E-state index contributed by atoms with van der Waals surface area (Å²) in [6, 6.07) is 21.0. The van der Waals surface area contributed by atoms with Crippen molar-refractivity contribution in [2.45, 2.75) is 13.3 Å². The summed E-state index contributed by atoms with van der Waals surface area (Å²) in [6.45, 7) is 2.69. The van der Waals surface area contributed by atoms with Gasteiger partial charge in [0.1, 0.15) is 0 Å². The Morgan fingerprint density at radius 2 is 1.80 bits per heavy atom. The average molecular weight is 332 g/mol. The lowest BCUT2D eigenvalue weighted by molar-refractivity contribution is 0.0953. The third-order valence-corrected chi connectivity index (χ3v) is 3.67. The zero-order valence-corrected chi connectivity index (χ0v) is 14.1. The molecule has 5 heteroatoms. The minimum atomic E-state index is -0.0731. The molecule has 25 heavy (non-hydrogen) atoms. The molecule has 1 aromatic heterocycles. The van der Waals surface area contributed by atoms with Gasteiger partial charge in [-0.05, 0) is 36.8 Å². The fourth-order valence-corrected chi connectivity index (χ4v) is 2.39. The summed E-state index contributed by atoms with van der Waals surface area (Å²) in [6.07, 6.45) is 0.910. The molecule has 3 rings (SSSR count). The van der Waals surface area contributed by atoms with E-state index in [4.69, 9.17) is 0 Å². The summed E-state index contributed by atoms with van der Waals surface area (Å²) in [4.78, 5) is 12.0. The smallest absolute Gasteiger partial charge is 0.251 e. The van der Waals surface area contributed by atoms with E-state index in [1.807, 2.05) is 61.5 Å².